The fraction of sp³-hybridized carbons (Fsp3) is 0.517. The van der Waals surface area contributed by atoms with Gasteiger partial charge in [0.15, 0.2) is 0 Å². The molecule has 0 N–H and O–H groups in total. The molecule has 3 aliphatic rings. The number of rotatable bonds is 5. The highest BCUT2D eigenvalue weighted by Gasteiger charge is 2.51. The van der Waals surface area contributed by atoms with Crippen molar-refractivity contribution >= 4 is 12.0 Å². The Morgan fingerprint density at radius 1 is 0.854 bits per heavy atom. The average molecular weight is 584 g/mol. The maximum absolute atomic E-state index is 13.3. The molecule has 222 valence electrons. The predicted octanol–water partition coefficient (Wildman–Crippen LogP) is 6.03. The maximum atomic E-state index is 13.3. The molecule has 3 aliphatic heterocycles. The lowest BCUT2D eigenvalue weighted by molar-refractivity contribution is -0.143. The summed E-state index contributed by atoms with van der Waals surface area (Å²) in [6, 6.07) is 10.5. The van der Waals surface area contributed by atoms with E-state index in [1.165, 1.54) is 4.90 Å². The molecule has 12 heteroatoms. The van der Waals surface area contributed by atoms with Crippen molar-refractivity contribution in [1.29, 1.82) is 0 Å². The second-order valence-electron chi connectivity index (χ2n) is 11.0. The Hall–Kier alpha value is -3.28. The molecular weight excluding hydrogens is 552 g/mol. The van der Waals surface area contributed by atoms with E-state index in [1.807, 2.05) is 30.3 Å². The molecule has 1 spiro atoms. The molecule has 0 aromatic heterocycles. The Balaban J connectivity index is 1.35. The van der Waals surface area contributed by atoms with Crippen molar-refractivity contribution in [3.63, 3.8) is 0 Å². The van der Waals surface area contributed by atoms with E-state index in [4.69, 9.17) is 4.74 Å². The standard InChI is InChI=1S/C29H31F6N3O3/c30-28(31,32)22-16-21(17-23(18-22)29(33,34)35)25(39)37-12-8-27(9-13-37)24(20-6-2-1-3-7-20)19-38(26(40)41-27)15-14-36-10-4-5-11-36/h1-3,6-7,16-18,24H,4-5,8-15,19H2/t24-/m1/s1. The molecule has 2 aromatic rings. The zero-order chi connectivity index (χ0) is 29.4. The molecule has 0 bridgehead atoms. The summed E-state index contributed by atoms with van der Waals surface area (Å²) in [5.41, 5.74) is -3.76. The molecule has 0 aliphatic carbocycles. The monoisotopic (exact) mass is 583 g/mol. The number of carbonyl (C=O) groups is 2. The zero-order valence-electron chi connectivity index (χ0n) is 22.3. The SMILES string of the molecule is O=C1OC2(CCN(C(=O)c3cc(C(F)(F)F)cc(C(F)(F)F)c3)CC2)[C@@H](c2ccccc2)CN1CCN1CCCC1. The topological polar surface area (TPSA) is 53.1 Å². The van der Waals surface area contributed by atoms with Gasteiger partial charge >= 0.3 is 18.4 Å². The minimum atomic E-state index is -5.05. The van der Waals surface area contributed by atoms with E-state index < -0.39 is 46.6 Å². The normalized spacial score (nSPS) is 21.8. The highest BCUT2D eigenvalue weighted by Crippen LogP contribution is 2.44. The lowest BCUT2D eigenvalue weighted by Crippen LogP contribution is -2.60. The van der Waals surface area contributed by atoms with Crippen LogP contribution in [0.5, 0.6) is 0 Å². The van der Waals surface area contributed by atoms with Gasteiger partial charge in [0.05, 0.1) is 11.1 Å². The number of hydrogen-bond donors (Lipinski definition) is 0. The Morgan fingerprint density at radius 3 is 2.00 bits per heavy atom. The van der Waals surface area contributed by atoms with Gasteiger partial charge in [0.1, 0.15) is 5.60 Å². The molecule has 2 amide bonds. The molecule has 3 fully saturated rings. The molecule has 0 radical (unpaired) electrons. The van der Waals surface area contributed by atoms with Gasteiger partial charge in [0, 0.05) is 57.0 Å². The van der Waals surface area contributed by atoms with Crippen LogP contribution in [-0.4, -0.2) is 78.1 Å². The van der Waals surface area contributed by atoms with Crippen LogP contribution in [0, 0.1) is 0 Å². The maximum Gasteiger partial charge on any atom is 0.416 e. The third-order valence-corrected chi connectivity index (χ3v) is 8.41. The van der Waals surface area contributed by atoms with Crippen LogP contribution in [0.2, 0.25) is 0 Å². The van der Waals surface area contributed by atoms with Gasteiger partial charge in [-0.1, -0.05) is 30.3 Å². The van der Waals surface area contributed by atoms with Crippen LogP contribution < -0.4 is 0 Å². The van der Waals surface area contributed by atoms with Crippen molar-refractivity contribution in [2.45, 2.75) is 49.6 Å². The Morgan fingerprint density at radius 2 is 1.44 bits per heavy atom. The lowest BCUT2D eigenvalue weighted by Gasteiger charge is -2.50. The van der Waals surface area contributed by atoms with Gasteiger partial charge in [0.2, 0.25) is 0 Å². The molecule has 6 nitrogen and oxygen atoms in total. The van der Waals surface area contributed by atoms with E-state index in [0.29, 0.717) is 25.2 Å². The molecular formula is C29H31F6N3O3. The number of ether oxygens (including phenoxy) is 1. The predicted molar refractivity (Wildman–Crippen MR) is 137 cm³/mol. The fourth-order valence-electron chi connectivity index (χ4n) is 6.12. The van der Waals surface area contributed by atoms with Gasteiger partial charge in [-0.25, -0.2) is 4.79 Å². The fourth-order valence-corrected chi connectivity index (χ4v) is 6.12. The van der Waals surface area contributed by atoms with Crippen LogP contribution in [0.4, 0.5) is 31.1 Å². The lowest BCUT2D eigenvalue weighted by atomic mass is 9.74. The van der Waals surface area contributed by atoms with Crippen LogP contribution in [0.3, 0.4) is 0 Å². The summed E-state index contributed by atoms with van der Waals surface area (Å²) < 4.78 is 86.2. The molecule has 3 saturated heterocycles. The third kappa shape index (κ3) is 6.32. The van der Waals surface area contributed by atoms with Gasteiger partial charge in [-0.05, 0) is 49.7 Å². The first-order chi connectivity index (χ1) is 19.4. The minimum Gasteiger partial charge on any atom is -0.442 e. The summed E-state index contributed by atoms with van der Waals surface area (Å²) in [4.78, 5) is 31.5. The number of amides is 2. The number of halogens is 6. The average Bonchev–Trinajstić information content (AvgIpc) is 3.46. The molecule has 2 aromatic carbocycles. The summed E-state index contributed by atoms with van der Waals surface area (Å²) in [5, 5.41) is 0. The quantitative estimate of drug-likeness (QED) is 0.404. The number of alkyl halides is 6. The van der Waals surface area contributed by atoms with Crippen molar-refractivity contribution < 1.29 is 40.7 Å². The molecule has 1 atom stereocenters. The van der Waals surface area contributed by atoms with Crippen LogP contribution in [0.1, 0.15) is 58.6 Å². The zero-order valence-corrected chi connectivity index (χ0v) is 22.3. The number of piperidine rings is 1. The van der Waals surface area contributed by atoms with E-state index in [9.17, 15) is 35.9 Å². The van der Waals surface area contributed by atoms with Crippen molar-refractivity contribution in [2.75, 3.05) is 45.8 Å². The number of benzene rings is 2. The summed E-state index contributed by atoms with van der Waals surface area (Å²) >= 11 is 0. The molecule has 0 unspecified atom stereocenters. The van der Waals surface area contributed by atoms with Crippen molar-refractivity contribution in [3.8, 4) is 0 Å². The van der Waals surface area contributed by atoms with Crippen LogP contribution >= 0.6 is 0 Å². The van der Waals surface area contributed by atoms with Gasteiger partial charge in [-0.3, -0.25) is 4.79 Å². The van der Waals surface area contributed by atoms with E-state index >= 15 is 0 Å². The van der Waals surface area contributed by atoms with Gasteiger partial charge in [-0.15, -0.1) is 0 Å². The Bertz CT molecular complexity index is 1220. The van der Waals surface area contributed by atoms with E-state index in [2.05, 4.69) is 4.90 Å². The Kier molecular flexibility index (Phi) is 7.97. The summed E-state index contributed by atoms with van der Waals surface area (Å²) in [6.07, 6.45) is -7.89. The molecule has 3 heterocycles. The van der Waals surface area contributed by atoms with Crippen molar-refractivity contribution in [2.24, 2.45) is 0 Å². The van der Waals surface area contributed by atoms with E-state index in [1.54, 1.807) is 4.90 Å². The first-order valence-corrected chi connectivity index (χ1v) is 13.7. The molecule has 0 saturated carbocycles. The Labute approximate surface area is 233 Å². The number of likely N-dealkylation sites (tertiary alicyclic amines) is 2. The summed E-state index contributed by atoms with van der Waals surface area (Å²) in [6.45, 7) is 3.68. The second-order valence-corrected chi connectivity index (χ2v) is 11.0. The van der Waals surface area contributed by atoms with Crippen LogP contribution in [0.15, 0.2) is 48.5 Å². The molecule has 41 heavy (non-hydrogen) atoms. The first kappa shape index (κ1) is 29.2. The summed E-state index contributed by atoms with van der Waals surface area (Å²) in [7, 11) is 0. The summed E-state index contributed by atoms with van der Waals surface area (Å²) in [5.74, 6) is -1.15. The first-order valence-electron chi connectivity index (χ1n) is 13.7. The largest absolute Gasteiger partial charge is 0.442 e. The second kappa shape index (κ2) is 11.2. The number of carbonyl (C=O) groups excluding carboxylic acids is 2. The van der Waals surface area contributed by atoms with Crippen molar-refractivity contribution in [1.82, 2.24) is 14.7 Å². The number of nitrogens with zero attached hydrogens (tertiary/aromatic N) is 3. The molecule has 5 rings (SSSR count). The van der Waals surface area contributed by atoms with E-state index in [-0.39, 0.29) is 37.9 Å². The van der Waals surface area contributed by atoms with Gasteiger partial charge in [0.25, 0.3) is 5.91 Å². The minimum absolute atomic E-state index is 0.00337. The van der Waals surface area contributed by atoms with Crippen molar-refractivity contribution in [3.05, 3.63) is 70.8 Å². The van der Waals surface area contributed by atoms with Crippen LogP contribution in [-0.2, 0) is 17.1 Å². The van der Waals surface area contributed by atoms with Gasteiger partial charge < -0.3 is 19.4 Å². The third-order valence-electron chi connectivity index (χ3n) is 8.41. The van der Waals surface area contributed by atoms with E-state index in [0.717, 1.165) is 38.0 Å². The van der Waals surface area contributed by atoms with Crippen LogP contribution in [0.25, 0.3) is 0 Å². The van der Waals surface area contributed by atoms with Gasteiger partial charge in [-0.2, -0.15) is 26.3 Å². The highest BCUT2D eigenvalue weighted by atomic mass is 19.4. The smallest absolute Gasteiger partial charge is 0.416 e. The number of hydrogen-bond acceptors (Lipinski definition) is 4. The highest BCUT2D eigenvalue weighted by molar-refractivity contribution is 5.94.